The predicted molar refractivity (Wildman–Crippen MR) is 78.3 cm³/mol. The predicted octanol–water partition coefficient (Wildman–Crippen LogP) is 1.84. The highest BCUT2D eigenvalue weighted by Crippen LogP contribution is 2.20. The number of para-hydroxylation sites is 1. The normalized spacial score (nSPS) is 16.9. The maximum absolute atomic E-state index is 9.89. The fourth-order valence-corrected chi connectivity index (χ4v) is 3.13. The average Bonchev–Trinajstić information content (AvgIpc) is 2.40. The number of nitrogens with one attached hydrogen (secondary N) is 1. The molecule has 1 saturated heterocycles. The van der Waals surface area contributed by atoms with Crippen LogP contribution in [-0.4, -0.2) is 47.7 Å². The first kappa shape index (κ1) is 13.7. The highest BCUT2D eigenvalue weighted by molar-refractivity contribution is 7.99. The molecule has 0 amide bonds. The average molecular weight is 266 g/mol. The molecular weight excluding hydrogens is 244 g/mol. The maximum atomic E-state index is 9.89. The molecule has 2 rings (SSSR count). The van der Waals surface area contributed by atoms with E-state index in [2.05, 4.69) is 10.2 Å². The van der Waals surface area contributed by atoms with Crippen molar-refractivity contribution in [2.45, 2.75) is 13.5 Å². The number of nitrogens with zero attached hydrogens (tertiary/aromatic N) is 1. The second-order valence-electron chi connectivity index (χ2n) is 4.71. The summed E-state index contributed by atoms with van der Waals surface area (Å²) >= 11 is 2.04. The SMILES string of the molecule is Cc1cccc(CNCCN2CCSCC2)c1O. The van der Waals surface area contributed by atoms with E-state index in [1.165, 1.54) is 24.6 Å². The molecule has 0 spiro atoms. The van der Waals surface area contributed by atoms with Crippen molar-refractivity contribution in [1.82, 2.24) is 10.2 Å². The molecule has 4 heteroatoms. The summed E-state index contributed by atoms with van der Waals surface area (Å²) < 4.78 is 0. The van der Waals surface area contributed by atoms with Gasteiger partial charge in [0.15, 0.2) is 0 Å². The van der Waals surface area contributed by atoms with Crippen molar-refractivity contribution in [3.05, 3.63) is 29.3 Å². The number of phenols is 1. The van der Waals surface area contributed by atoms with Gasteiger partial charge in [0.25, 0.3) is 0 Å². The van der Waals surface area contributed by atoms with Crippen LogP contribution in [-0.2, 0) is 6.54 Å². The standard InChI is InChI=1S/C14H22N2OS/c1-12-3-2-4-13(14(12)17)11-15-5-6-16-7-9-18-10-8-16/h2-4,15,17H,5-11H2,1H3. The van der Waals surface area contributed by atoms with Gasteiger partial charge in [-0.25, -0.2) is 0 Å². The van der Waals surface area contributed by atoms with Crippen LogP contribution in [0.25, 0.3) is 0 Å². The van der Waals surface area contributed by atoms with Crippen molar-refractivity contribution in [3.8, 4) is 5.75 Å². The largest absolute Gasteiger partial charge is 0.507 e. The molecule has 1 aliphatic rings. The summed E-state index contributed by atoms with van der Waals surface area (Å²) in [5.41, 5.74) is 1.94. The Morgan fingerprint density at radius 2 is 2.11 bits per heavy atom. The van der Waals surface area contributed by atoms with Gasteiger partial charge in [-0.3, -0.25) is 0 Å². The Labute approximate surface area is 114 Å². The number of hydrogen-bond donors (Lipinski definition) is 2. The Bertz CT molecular complexity index is 378. The number of hydrogen-bond acceptors (Lipinski definition) is 4. The molecule has 18 heavy (non-hydrogen) atoms. The van der Waals surface area contributed by atoms with Gasteiger partial charge < -0.3 is 15.3 Å². The van der Waals surface area contributed by atoms with Gasteiger partial charge in [0, 0.05) is 49.8 Å². The number of phenolic OH excluding ortho intramolecular Hbond substituents is 1. The molecule has 0 bridgehead atoms. The lowest BCUT2D eigenvalue weighted by molar-refractivity contribution is 0.300. The van der Waals surface area contributed by atoms with E-state index in [1.807, 2.05) is 36.9 Å². The fourth-order valence-electron chi connectivity index (χ4n) is 2.15. The first-order valence-corrected chi connectivity index (χ1v) is 7.71. The molecular formula is C14H22N2OS. The number of thioether (sulfide) groups is 1. The van der Waals surface area contributed by atoms with E-state index < -0.39 is 0 Å². The Hall–Kier alpha value is -0.710. The third-order valence-electron chi connectivity index (χ3n) is 3.35. The first-order chi connectivity index (χ1) is 8.77. The van der Waals surface area contributed by atoms with Crippen molar-refractivity contribution < 1.29 is 5.11 Å². The van der Waals surface area contributed by atoms with Gasteiger partial charge in [0.2, 0.25) is 0 Å². The van der Waals surface area contributed by atoms with Gasteiger partial charge in [0.05, 0.1) is 0 Å². The summed E-state index contributed by atoms with van der Waals surface area (Å²) in [5, 5.41) is 13.3. The molecule has 0 atom stereocenters. The van der Waals surface area contributed by atoms with E-state index in [0.29, 0.717) is 5.75 Å². The fraction of sp³-hybridized carbons (Fsp3) is 0.571. The van der Waals surface area contributed by atoms with Crippen LogP contribution < -0.4 is 5.32 Å². The Balaban J connectivity index is 1.70. The molecule has 0 aliphatic carbocycles. The quantitative estimate of drug-likeness (QED) is 0.797. The van der Waals surface area contributed by atoms with Crippen molar-refractivity contribution in [2.24, 2.45) is 0 Å². The van der Waals surface area contributed by atoms with E-state index in [-0.39, 0.29) is 0 Å². The second-order valence-corrected chi connectivity index (χ2v) is 5.94. The van der Waals surface area contributed by atoms with Crippen LogP contribution in [0.2, 0.25) is 0 Å². The highest BCUT2D eigenvalue weighted by atomic mass is 32.2. The Morgan fingerprint density at radius 3 is 2.89 bits per heavy atom. The molecule has 3 nitrogen and oxygen atoms in total. The molecule has 2 N–H and O–H groups in total. The number of rotatable bonds is 5. The zero-order chi connectivity index (χ0) is 12.8. The van der Waals surface area contributed by atoms with Crippen LogP contribution in [0.4, 0.5) is 0 Å². The van der Waals surface area contributed by atoms with Crippen LogP contribution in [0, 0.1) is 6.92 Å². The molecule has 0 unspecified atom stereocenters. The third-order valence-corrected chi connectivity index (χ3v) is 4.29. The summed E-state index contributed by atoms with van der Waals surface area (Å²) in [6.07, 6.45) is 0. The monoisotopic (exact) mass is 266 g/mol. The summed E-state index contributed by atoms with van der Waals surface area (Å²) in [4.78, 5) is 2.50. The van der Waals surface area contributed by atoms with E-state index in [9.17, 15) is 5.11 Å². The van der Waals surface area contributed by atoms with Crippen LogP contribution in [0.3, 0.4) is 0 Å². The van der Waals surface area contributed by atoms with Gasteiger partial charge >= 0.3 is 0 Å². The van der Waals surface area contributed by atoms with Crippen LogP contribution in [0.15, 0.2) is 18.2 Å². The summed E-state index contributed by atoms with van der Waals surface area (Å²) in [6, 6.07) is 5.91. The zero-order valence-electron chi connectivity index (χ0n) is 11.0. The van der Waals surface area contributed by atoms with E-state index >= 15 is 0 Å². The van der Waals surface area contributed by atoms with Crippen molar-refractivity contribution in [1.29, 1.82) is 0 Å². The van der Waals surface area contributed by atoms with E-state index in [0.717, 1.165) is 30.8 Å². The minimum atomic E-state index is 0.430. The number of aromatic hydroxyl groups is 1. The molecule has 1 aromatic rings. The Morgan fingerprint density at radius 1 is 1.33 bits per heavy atom. The lowest BCUT2D eigenvalue weighted by atomic mass is 10.1. The van der Waals surface area contributed by atoms with E-state index in [1.54, 1.807) is 0 Å². The van der Waals surface area contributed by atoms with Crippen molar-refractivity contribution in [2.75, 3.05) is 37.7 Å². The molecule has 0 aromatic heterocycles. The maximum Gasteiger partial charge on any atom is 0.122 e. The molecule has 0 saturated carbocycles. The van der Waals surface area contributed by atoms with Crippen LogP contribution in [0.5, 0.6) is 5.75 Å². The molecule has 1 aromatic carbocycles. The molecule has 1 fully saturated rings. The van der Waals surface area contributed by atoms with Gasteiger partial charge in [-0.15, -0.1) is 0 Å². The molecule has 1 aliphatic heterocycles. The van der Waals surface area contributed by atoms with Gasteiger partial charge in [0.1, 0.15) is 5.75 Å². The molecule has 1 heterocycles. The zero-order valence-corrected chi connectivity index (χ0v) is 11.8. The second kappa shape index (κ2) is 7.02. The van der Waals surface area contributed by atoms with Gasteiger partial charge in [-0.1, -0.05) is 18.2 Å². The minimum absolute atomic E-state index is 0.430. The lowest BCUT2D eigenvalue weighted by Crippen LogP contribution is -2.37. The van der Waals surface area contributed by atoms with Crippen LogP contribution in [0.1, 0.15) is 11.1 Å². The first-order valence-electron chi connectivity index (χ1n) is 6.55. The Kier molecular flexibility index (Phi) is 5.35. The van der Waals surface area contributed by atoms with Crippen molar-refractivity contribution >= 4 is 11.8 Å². The van der Waals surface area contributed by atoms with E-state index in [4.69, 9.17) is 0 Å². The minimum Gasteiger partial charge on any atom is -0.507 e. The lowest BCUT2D eigenvalue weighted by Gasteiger charge is -2.26. The van der Waals surface area contributed by atoms with Gasteiger partial charge in [-0.05, 0) is 12.5 Å². The smallest absolute Gasteiger partial charge is 0.122 e. The summed E-state index contributed by atoms with van der Waals surface area (Å²) in [7, 11) is 0. The van der Waals surface area contributed by atoms with Crippen molar-refractivity contribution in [3.63, 3.8) is 0 Å². The molecule has 100 valence electrons. The number of aryl methyl sites for hydroxylation is 1. The third kappa shape index (κ3) is 3.90. The summed E-state index contributed by atoms with van der Waals surface area (Å²) in [5.74, 6) is 2.96. The highest BCUT2D eigenvalue weighted by Gasteiger charge is 2.09. The molecule has 0 radical (unpaired) electrons. The topological polar surface area (TPSA) is 35.5 Å². The summed E-state index contributed by atoms with van der Waals surface area (Å²) in [6.45, 7) is 7.19. The van der Waals surface area contributed by atoms with Gasteiger partial charge in [-0.2, -0.15) is 11.8 Å². The number of benzene rings is 1. The van der Waals surface area contributed by atoms with Crippen LogP contribution >= 0.6 is 11.8 Å².